The maximum atomic E-state index is 4.33. The van der Waals surface area contributed by atoms with E-state index in [1.54, 1.807) is 0 Å². The van der Waals surface area contributed by atoms with E-state index in [4.69, 9.17) is 0 Å². The van der Waals surface area contributed by atoms with E-state index in [0.29, 0.717) is 0 Å². The minimum atomic E-state index is 0.886. The van der Waals surface area contributed by atoms with Crippen LogP contribution in [0.15, 0.2) is 128 Å². The summed E-state index contributed by atoms with van der Waals surface area (Å²) in [6.07, 6.45) is 10.3. The van der Waals surface area contributed by atoms with E-state index in [9.17, 15) is 0 Å². The van der Waals surface area contributed by atoms with Gasteiger partial charge in [0.05, 0.1) is 0 Å². The molecule has 1 aromatic heterocycles. The zero-order chi connectivity index (χ0) is 27.1. The van der Waals surface area contributed by atoms with Crippen LogP contribution in [0, 0.1) is 13.8 Å². The average molecular weight is 515 g/mol. The molecular formula is C38H30N2. The second-order valence-electron chi connectivity index (χ2n) is 10.6. The molecule has 0 bridgehead atoms. The molecule has 5 aromatic carbocycles. The fraction of sp³-hybridized carbons (Fsp3) is 0.0789. The summed E-state index contributed by atoms with van der Waals surface area (Å²) >= 11 is 0. The number of aromatic nitrogens is 1. The lowest BCUT2D eigenvalue weighted by Gasteiger charge is -2.19. The molecule has 0 amide bonds. The lowest BCUT2D eigenvalue weighted by molar-refractivity contribution is 0.976. The number of dihydropyridines is 1. The summed E-state index contributed by atoms with van der Waals surface area (Å²) in [6, 6.07) is 35.6. The zero-order valence-corrected chi connectivity index (χ0v) is 22.8. The second kappa shape index (κ2) is 9.98. The largest absolute Gasteiger partial charge is 0.387 e. The fourth-order valence-corrected chi connectivity index (χ4v) is 6.20. The molecule has 40 heavy (non-hydrogen) atoms. The van der Waals surface area contributed by atoms with Gasteiger partial charge >= 0.3 is 0 Å². The Kier molecular flexibility index (Phi) is 6.02. The Morgan fingerprint density at radius 1 is 0.600 bits per heavy atom. The minimum Gasteiger partial charge on any atom is -0.387 e. The number of hydrogen-bond acceptors (Lipinski definition) is 2. The van der Waals surface area contributed by atoms with E-state index in [1.807, 2.05) is 18.5 Å². The first-order valence-electron chi connectivity index (χ1n) is 13.9. The molecule has 0 atom stereocenters. The van der Waals surface area contributed by atoms with Crippen LogP contribution >= 0.6 is 0 Å². The molecule has 0 aliphatic carbocycles. The summed E-state index contributed by atoms with van der Waals surface area (Å²) in [6.45, 7) is 5.30. The molecule has 0 unspecified atom stereocenters. The number of aryl methyl sites for hydroxylation is 2. The smallest absolute Gasteiger partial charge is 0.0346 e. The monoisotopic (exact) mass is 514 g/mol. The van der Waals surface area contributed by atoms with Gasteiger partial charge in [0.15, 0.2) is 0 Å². The van der Waals surface area contributed by atoms with Crippen LogP contribution in [0.2, 0.25) is 0 Å². The van der Waals surface area contributed by atoms with Gasteiger partial charge in [-0.1, -0.05) is 103 Å². The molecule has 2 nitrogen and oxygen atoms in total. The molecule has 2 heteroatoms. The molecule has 192 valence electrons. The van der Waals surface area contributed by atoms with E-state index in [1.165, 1.54) is 71.6 Å². The molecule has 0 saturated carbocycles. The van der Waals surface area contributed by atoms with Gasteiger partial charge in [0.25, 0.3) is 0 Å². The molecule has 0 fully saturated rings. The summed E-state index contributed by atoms with van der Waals surface area (Å²) in [5.74, 6) is 0. The van der Waals surface area contributed by atoms with Crippen molar-refractivity contribution in [1.29, 1.82) is 0 Å². The molecule has 6 aromatic rings. The minimum absolute atomic E-state index is 0.886. The van der Waals surface area contributed by atoms with Gasteiger partial charge in [-0.05, 0) is 91.5 Å². The van der Waals surface area contributed by atoms with E-state index in [-0.39, 0.29) is 0 Å². The van der Waals surface area contributed by atoms with Crippen LogP contribution in [0.4, 0.5) is 0 Å². The highest BCUT2D eigenvalue weighted by molar-refractivity contribution is 6.21. The molecule has 1 aliphatic rings. The van der Waals surface area contributed by atoms with Gasteiger partial charge in [0, 0.05) is 30.7 Å². The third kappa shape index (κ3) is 4.10. The number of benzene rings is 5. The van der Waals surface area contributed by atoms with Crippen LogP contribution in [-0.4, -0.2) is 11.5 Å². The van der Waals surface area contributed by atoms with Gasteiger partial charge in [0.1, 0.15) is 0 Å². The summed E-state index contributed by atoms with van der Waals surface area (Å²) in [4.78, 5) is 4.33. The Hall–Kier alpha value is -4.95. The second-order valence-corrected chi connectivity index (χ2v) is 10.6. The lowest BCUT2D eigenvalue weighted by Crippen LogP contribution is -2.09. The molecule has 1 N–H and O–H groups in total. The molecular weight excluding hydrogens is 484 g/mol. The lowest BCUT2D eigenvalue weighted by atomic mass is 9.84. The summed E-state index contributed by atoms with van der Waals surface area (Å²) in [5, 5.41) is 8.43. The number of fused-ring (bicyclic) bond motifs is 2. The highest BCUT2D eigenvalue weighted by Gasteiger charge is 2.18. The van der Waals surface area contributed by atoms with E-state index in [0.717, 1.165) is 12.1 Å². The molecule has 7 rings (SSSR count). The number of allylic oxidation sites excluding steroid dienone is 2. The zero-order valence-electron chi connectivity index (χ0n) is 22.8. The van der Waals surface area contributed by atoms with Crippen molar-refractivity contribution in [3.05, 3.63) is 144 Å². The van der Waals surface area contributed by atoms with Gasteiger partial charge in [-0.25, -0.2) is 0 Å². The van der Waals surface area contributed by atoms with Crippen LogP contribution in [-0.2, 0) is 0 Å². The average Bonchev–Trinajstić information content (AvgIpc) is 3.00. The van der Waals surface area contributed by atoms with E-state index < -0.39 is 0 Å². The van der Waals surface area contributed by atoms with Crippen molar-refractivity contribution >= 4 is 27.1 Å². The number of hydrogen-bond donors (Lipinski definition) is 1. The topological polar surface area (TPSA) is 24.9 Å². The normalized spacial score (nSPS) is 12.9. The predicted molar refractivity (Wildman–Crippen MR) is 170 cm³/mol. The van der Waals surface area contributed by atoms with Gasteiger partial charge in [-0.3, -0.25) is 4.98 Å². The summed E-state index contributed by atoms with van der Waals surface area (Å²) in [5.41, 5.74) is 12.4. The van der Waals surface area contributed by atoms with Gasteiger partial charge in [0.2, 0.25) is 0 Å². The summed E-state index contributed by atoms with van der Waals surface area (Å²) in [7, 11) is 0. The van der Waals surface area contributed by atoms with Crippen molar-refractivity contribution in [3.63, 3.8) is 0 Å². The van der Waals surface area contributed by atoms with Crippen LogP contribution in [0.3, 0.4) is 0 Å². The van der Waals surface area contributed by atoms with Crippen LogP contribution in [0.5, 0.6) is 0 Å². The van der Waals surface area contributed by atoms with Crippen LogP contribution < -0.4 is 5.32 Å². The first-order chi connectivity index (χ1) is 19.7. The standard InChI is InChI=1S/C38H30N2/c1-25-21-27(15-17-31(25)29-9-7-19-39-23-29)37-33-11-3-5-13-35(33)38(36-14-6-4-12-34(36)37)28-16-18-32(26(2)22-28)30-10-8-20-40-24-30/h3-19,21-24,40H,20H2,1-2H3. The highest BCUT2D eigenvalue weighted by Crippen LogP contribution is 2.44. The van der Waals surface area contributed by atoms with Gasteiger partial charge in [-0.2, -0.15) is 0 Å². The molecule has 1 aliphatic heterocycles. The Morgan fingerprint density at radius 2 is 1.18 bits per heavy atom. The quantitative estimate of drug-likeness (QED) is 0.237. The Balaban J connectivity index is 1.45. The molecule has 0 radical (unpaired) electrons. The molecule has 0 spiro atoms. The van der Waals surface area contributed by atoms with Crippen molar-refractivity contribution in [2.75, 3.05) is 6.54 Å². The maximum Gasteiger partial charge on any atom is 0.0346 e. The van der Waals surface area contributed by atoms with Crippen molar-refractivity contribution in [2.45, 2.75) is 13.8 Å². The predicted octanol–water partition coefficient (Wildman–Crippen LogP) is 9.51. The van der Waals surface area contributed by atoms with Gasteiger partial charge in [-0.15, -0.1) is 0 Å². The number of nitrogens with one attached hydrogen (secondary N) is 1. The Bertz CT molecular complexity index is 1910. The number of rotatable bonds is 4. The maximum absolute atomic E-state index is 4.33. The van der Waals surface area contributed by atoms with Gasteiger partial charge < -0.3 is 5.32 Å². The number of pyridine rings is 1. The van der Waals surface area contributed by atoms with Crippen molar-refractivity contribution < 1.29 is 0 Å². The summed E-state index contributed by atoms with van der Waals surface area (Å²) < 4.78 is 0. The number of nitrogens with zero attached hydrogens (tertiary/aromatic N) is 1. The first kappa shape index (κ1) is 24.1. The van der Waals surface area contributed by atoms with E-state index >= 15 is 0 Å². The SMILES string of the molecule is Cc1cc(-c2c3ccccc3c(-c3ccc(-c4cccnc4)c(C)c3)c3ccccc23)ccc1C1=CNCC=C1. The van der Waals surface area contributed by atoms with Crippen LogP contribution in [0.1, 0.15) is 16.7 Å². The Labute approximate surface area is 235 Å². The third-order valence-electron chi connectivity index (χ3n) is 8.04. The highest BCUT2D eigenvalue weighted by atomic mass is 14.8. The van der Waals surface area contributed by atoms with Crippen molar-refractivity contribution in [2.24, 2.45) is 0 Å². The van der Waals surface area contributed by atoms with Crippen molar-refractivity contribution in [3.8, 4) is 33.4 Å². The first-order valence-corrected chi connectivity index (χ1v) is 13.9. The third-order valence-corrected chi connectivity index (χ3v) is 8.04. The molecule has 0 saturated heterocycles. The van der Waals surface area contributed by atoms with E-state index in [2.05, 4.69) is 133 Å². The van der Waals surface area contributed by atoms with Crippen molar-refractivity contribution in [1.82, 2.24) is 10.3 Å². The Morgan fingerprint density at radius 3 is 1.65 bits per heavy atom. The fourth-order valence-electron chi connectivity index (χ4n) is 6.20. The van der Waals surface area contributed by atoms with Crippen LogP contribution in [0.25, 0.3) is 60.5 Å². The molecule has 2 heterocycles.